The molecule has 0 unspecified atom stereocenters. The maximum Gasteiger partial charge on any atom is 0.261 e. The third kappa shape index (κ3) is 2.75. The van der Waals surface area contributed by atoms with Gasteiger partial charge in [-0.3, -0.25) is 19.3 Å². The zero-order valence-corrected chi connectivity index (χ0v) is 14.0. The second-order valence-electron chi connectivity index (χ2n) is 6.99. The van der Waals surface area contributed by atoms with Crippen LogP contribution in [-0.4, -0.2) is 29.0 Å². The Kier molecular flexibility index (Phi) is 3.84. The first-order valence-corrected chi connectivity index (χ1v) is 7.88. The highest BCUT2D eigenvalue weighted by Crippen LogP contribution is 2.24. The lowest BCUT2D eigenvalue weighted by atomic mass is 9.86. The van der Waals surface area contributed by atoms with Gasteiger partial charge in [-0.05, 0) is 23.1 Å². The van der Waals surface area contributed by atoms with Gasteiger partial charge in [0.1, 0.15) is 0 Å². The Hall–Kier alpha value is -2.75. The molecule has 1 aliphatic rings. The molecule has 1 heterocycles. The minimum atomic E-state index is -0.407. The fraction of sp³-hybridized carbons (Fsp3) is 0.250. The largest absolute Gasteiger partial charge is 0.292 e. The molecule has 122 valence electrons. The predicted octanol–water partition coefficient (Wildman–Crippen LogP) is 3.46. The second-order valence-corrected chi connectivity index (χ2v) is 6.99. The number of rotatable bonds is 3. The van der Waals surface area contributed by atoms with Crippen molar-refractivity contribution in [1.29, 1.82) is 0 Å². The molecule has 0 fully saturated rings. The van der Waals surface area contributed by atoms with Crippen LogP contribution >= 0.6 is 0 Å². The summed E-state index contributed by atoms with van der Waals surface area (Å²) >= 11 is 0. The van der Waals surface area contributed by atoms with E-state index in [9.17, 15) is 14.4 Å². The highest BCUT2D eigenvalue weighted by Gasteiger charge is 2.36. The number of hydrogen-bond acceptors (Lipinski definition) is 3. The highest BCUT2D eigenvalue weighted by atomic mass is 16.2. The average molecular weight is 321 g/mol. The third-order valence-corrected chi connectivity index (χ3v) is 4.25. The third-order valence-electron chi connectivity index (χ3n) is 4.25. The summed E-state index contributed by atoms with van der Waals surface area (Å²) in [4.78, 5) is 38.1. The lowest BCUT2D eigenvalue weighted by Gasteiger charge is -2.19. The Morgan fingerprint density at radius 3 is 1.83 bits per heavy atom. The fourth-order valence-corrected chi connectivity index (χ4v) is 2.77. The van der Waals surface area contributed by atoms with Crippen molar-refractivity contribution in [2.24, 2.45) is 0 Å². The molecule has 3 rings (SSSR count). The number of benzene rings is 2. The Labute approximate surface area is 141 Å². The van der Waals surface area contributed by atoms with E-state index in [1.54, 1.807) is 36.4 Å². The first kappa shape index (κ1) is 16.1. The first-order valence-electron chi connectivity index (χ1n) is 7.88. The minimum absolute atomic E-state index is 0.00407. The molecule has 0 N–H and O–H groups in total. The standard InChI is InChI=1S/C20H19NO3/c1-20(2,3)14-10-8-13(9-11-14)17(22)12-21-18(23)15-6-4-5-7-16(15)19(21)24/h4-11H,12H2,1-3H3. The molecular formula is C20H19NO3. The molecule has 2 aromatic carbocycles. The van der Waals surface area contributed by atoms with Crippen molar-refractivity contribution in [3.05, 3.63) is 70.8 Å². The number of fused-ring (bicyclic) bond motifs is 1. The van der Waals surface area contributed by atoms with E-state index in [2.05, 4.69) is 20.8 Å². The summed E-state index contributed by atoms with van der Waals surface area (Å²) in [6.07, 6.45) is 0. The van der Waals surface area contributed by atoms with Crippen molar-refractivity contribution >= 4 is 17.6 Å². The molecule has 2 amide bonds. The molecular weight excluding hydrogens is 302 g/mol. The van der Waals surface area contributed by atoms with Gasteiger partial charge in [-0.25, -0.2) is 0 Å². The quantitative estimate of drug-likeness (QED) is 0.642. The molecule has 0 radical (unpaired) electrons. The summed E-state index contributed by atoms with van der Waals surface area (Å²) in [7, 11) is 0. The topological polar surface area (TPSA) is 54.5 Å². The highest BCUT2D eigenvalue weighted by molar-refractivity contribution is 6.23. The maximum absolute atomic E-state index is 12.5. The van der Waals surface area contributed by atoms with Crippen LogP contribution in [0.2, 0.25) is 0 Å². The van der Waals surface area contributed by atoms with E-state index in [1.807, 2.05) is 12.1 Å². The van der Waals surface area contributed by atoms with Crippen LogP contribution in [0.4, 0.5) is 0 Å². The van der Waals surface area contributed by atoms with Crippen LogP contribution in [0.5, 0.6) is 0 Å². The van der Waals surface area contributed by atoms with Crippen molar-refractivity contribution in [3.8, 4) is 0 Å². The number of carbonyl (C=O) groups is 3. The monoisotopic (exact) mass is 321 g/mol. The molecule has 0 bridgehead atoms. The SMILES string of the molecule is CC(C)(C)c1ccc(C(=O)CN2C(=O)c3ccccc3C2=O)cc1. The lowest BCUT2D eigenvalue weighted by molar-refractivity contribution is 0.0624. The zero-order valence-electron chi connectivity index (χ0n) is 14.0. The normalized spacial score (nSPS) is 14.0. The van der Waals surface area contributed by atoms with E-state index in [-0.39, 0.29) is 17.7 Å². The van der Waals surface area contributed by atoms with E-state index in [0.717, 1.165) is 10.5 Å². The van der Waals surface area contributed by atoms with Crippen molar-refractivity contribution in [2.45, 2.75) is 26.2 Å². The molecule has 4 nitrogen and oxygen atoms in total. The van der Waals surface area contributed by atoms with Crippen LogP contribution in [0.15, 0.2) is 48.5 Å². The molecule has 0 saturated carbocycles. The number of amides is 2. The van der Waals surface area contributed by atoms with Gasteiger partial charge >= 0.3 is 0 Å². The molecule has 0 saturated heterocycles. The molecule has 2 aromatic rings. The van der Waals surface area contributed by atoms with Crippen molar-refractivity contribution < 1.29 is 14.4 Å². The molecule has 0 aromatic heterocycles. The minimum Gasteiger partial charge on any atom is -0.292 e. The van der Waals surface area contributed by atoms with Crippen molar-refractivity contribution in [1.82, 2.24) is 4.90 Å². The number of carbonyl (C=O) groups excluding carboxylic acids is 3. The van der Waals surface area contributed by atoms with Gasteiger partial charge in [-0.2, -0.15) is 0 Å². The summed E-state index contributed by atoms with van der Waals surface area (Å²) in [5, 5.41) is 0. The van der Waals surface area contributed by atoms with E-state index in [4.69, 9.17) is 0 Å². The van der Waals surface area contributed by atoms with Gasteiger partial charge in [0.15, 0.2) is 5.78 Å². The van der Waals surface area contributed by atoms with Crippen LogP contribution in [0.25, 0.3) is 0 Å². The molecule has 24 heavy (non-hydrogen) atoms. The molecule has 0 aliphatic carbocycles. The van der Waals surface area contributed by atoms with Gasteiger partial charge in [-0.1, -0.05) is 57.2 Å². The predicted molar refractivity (Wildman–Crippen MR) is 91.3 cm³/mol. The zero-order chi connectivity index (χ0) is 17.5. The average Bonchev–Trinajstić information content (AvgIpc) is 2.79. The van der Waals surface area contributed by atoms with E-state index < -0.39 is 11.8 Å². The van der Waals surface area contributed by atoms with Crippen LogP contribution < -0.4 is 0 Å². The van der Waals surface area contributed by atoms with Gasteiger partial charge in [-0.15, -0.1) is 0 Å². The lowest BCUT2D eigenvalue weighted by Crippen LogP contribution is -2.34. The van der Waals surface area contributed by atoms with Crippen LogP contribution in [-0.2, 0) is 5.41 Å². The number of imide groups is 1. The van der Waals surface area contributed by atoms with Crippen molar-refractivity contribution in [2.75, 3.05) is 6.54 Å². The van der Waals surface area contributed by atoms with Gasteiger partial charge < -0.3 is 0 Å². The molecule has 0 spiro atoms. The van der Waals surface area contributed by atoms with E-state index in [1.165, 1.54) is 0 Å². The van der Waals surface area contributed by atoms with Crippen molar-refractivity contribution in [3.63, 3.8) is 0 Å². The van der Waals surface area contributed by atoms with Gasteiger partial charge in [0.05, 0.1) is 17.7 Å². The fourth-order valence-electron chi connectivity index (χ4n) is 2.77. The van der Waals surface area contributed by atoms with E-state index in [0.29, 0.717) is 16.7 Å². The number of ketones is 1. The summed E-state index contributed by atoms with van der Waals surface area (Å²) in [6, 6.07) is 14.0. The Morgan fingerprint density at radius 1 is 0.875 bits per heavy atom. The van der Waals surface area contributed by atoms with Gasteiger partial charge in [0, 0.05) is 5.56 Å². The van der Waals surface area contributed by atoms with Crippen LogP contribution in [0, 0.1) is 0 Å². The summed E-state index contributed by atoms with van der Waals surface area (Å²) < 4.78 is 0. The van der Waals surface area contributed by atoms with Crippen LogP contribution in [0.1, 0.15) is 57.4 Å². The molecule has 0 atom stereocenters. The molecule has 1 aliphatic heterocycles. The van der Waals surface area contributed by atoms with Crippen LogP contribution in [0.3, 0.4) is 0 Å². The van der Waals surface area contributed by atoms with E-state index >= 15 is 0 Å². The Morgan fingerprint density at radius 2 is 1.38 bits per heavy atom. The first-order chi connectivity index (χ1) is 11.3. The summed E-state index contributed by atoms with van der Waals surface area (Å²) in [6.45, 7) is 6.06. The molecule has 4 heteroatoms. The summed E-state index contributed by atoms with van der Waals surface area (Å²) in [5.41, 5.74) is 2.35. The Balaban J connectivity index is 1.79. The van der Waals surface area contributed by atoms with Gasteiger partial charge in [0.25, 0.3) is 11.8 Å². The smallest absolute Gasteiger partial charge is 0.261 e. The number of Topliss-reactive ketones (excluding diaryl/α,β-unsaturated/α-hetero) is 1. The number of nitrogens with zero attached hydrogens (tertiary/aromatic N) is 1. The summed E-state index contributed by atoms with van der Waals surface area (Å²) in [5.74, 6) is -1.06. The Bertz CT molecular complexity index is 794. The number of hydrogen-bond donors (Lipinski definition) is 0. The maximum atomic E-state index is 12.5. The van der Waals surface area contributed by atoms with Gasteiger partial charge in [0.2, 0.25) is 0 Å². The second kappa shape index (κ2) is 5.71.